The van der Waals surface area contributed by atoms with Crippen LogP contribution >= 0.6 is 0 Å². The Morgan fingerprint density at radius 3 is 2.85 bits per heavy atom. The van der Waals surface area contributed by atoms with Crippen molar-refractivity contribution in [2.24, 2.45) is 0 Å². The Morgan fingerprint density at radius 2 is 2.15 bits per heavy atom. The van der Waals surface area contributed by atoms with Crippen LogP contribution in [0.1, 0.15) is 30.3 Å². The minimum absolute atomic E-state index is 0.127. The summed E-state index contributed by atoms with van der Waals surface area (Å²) in [5.74, 6) is -0.156. The fourth-order valence-corrected chi connectivity index (χ4v) is 1.97. The molecule has 2 aromatic rings. The van der Waals surface area contributed by atoms with Crippen LogP contribution in [0.2, 0.25) is 0 Å². The number of unbranched alkanes of at least 4 members (excludes halogenated alkanes) is 1. The Morgan fingerprint density at radius 1 is 1.40 bits per heavy atom. The van der Waals surface area contributed by atoms with Crippen molar-refractivity contribution in [3.8, 4) is 0 Å². The third kappa shape index (κ3) is 3.17. The highest BCUT2D eigenvalue weighted by Crippen LogP contribution is 2.14. The van der Waals surface area contributed by atoms with Crippen molar-refractivity contribution in [1.82, 2.24) is 15.2 Å². The average molecular weight is 272 g/mol. The number of nitrogens with zero attached hydrogens (tertiary/aromatic N) is 1. The van der Waals surface area contributed by atoms with E-state index in [-0.39, 0.29) is 11.9 Å². The molecule has 5 nitrogen and oxygen atoms in total. The molecule has 0 radical (unpaired) electrons. The predicted molar refractivity (Wildman–Crippen MR) is 81.0 cm³/mol. The van der Waals surface area contributed by atoms with Crippen LogP contribution in [0.3, 0.4) is 0 Å². The molecule has 0 atom stereocenters. The summed E-state index contributed by atoms with van der Waals surface area (Å²) in [6.45, 7) is 2.86. The number of carbonyl (C=O) groups is 1. The van der Waals surface area contributed by atoms with Crippen molar-refractivity contribution >= 4 is 22.8 Å². The number of rotatable bonds is 4. The van der Waals surface area contributed by atoms with Crippen molar-refractivity contribution < 1.29 is 4.79 Å². The van der Waals surface area contributed by atoms with Gasteiger partial charge in [-0.1, -0.05) is 31.5 Å². The Labute approximate surface area is 118 Å². The number of hydrogen-bond acceptors (Lipinski definition) is 2. The number of guanidine groups is 1. The van der Waals surface area contributed by atoms with E-state index in [2.05, 4.69) is 17.2 Å². The quantitative estimate of drug-likeness (QED) is 0.591. The molecular weight excluding hydrogens is 252 g/mol. The molecule has 0 unspecified atom stereocenters. The summed E-state index contributed by atoms with van der Waals surface area (Å²) in [6.07, 6.45) is 2.06. The lowest BCUT2D eigenvalue weighted by Crippen LogP contribution is -2.41. The van der Waals surface area contributed by atoms with E-state index in [4.69, 9.17) is 5.41 Å². The molecule has 106 valence electrons. The number of aromatic nitrogens is 1. The third-order valence-electron chi connectivity index (χ3n) is 3.24. The van der Waals surface area contributed by atoms with Crippen molar-refractivity contribution in [2.45, 2.75) is 19.8 Å². The molecule has 1 heterocycles. The maximum atomic E-state index is 12.1. The number of carbonyl (C=O) groups excluding carboxylic acids is 1. The van der Waals surface area contributed by atoms with E-state index in [1.165, 1.54) is 0 Å². The topological polar surface area (TPSA) is 72.0 Å². The van der Waals surface area contributed by atoms with Crippen LogP contribution < -0.4 is 5.32 Å². The summed E-state index contributed by atoms with van der Waals surface area (Å²) in [5, 5.41) is 11.5. The Kier molecular flexibility index (Phi) is 4.40. The molecular formula is C15H20N4O. The molecule has 0 aliphatic carbocycles. The van der Waals surface area contributed by atoms with Crippen LogP contribution in [-0.2, 0) is 0 Å². The van der Waals surface area contributed by atoms with Crippen LogP contribution in [0.25, 0.3) is 10.9 Å². The molecule has 0 aliphatic heterocycles. The van der Waals surface area contributed by atoms with Gasteiger partial charge in [-0.2, -0.15) is 0 Å². The van der Waals surface area contributed by atoms with Gasteiger partial charge in [0.05, 0.1) is 0 Å². The Bertz CT molecular complexity index is 584. The first kappa shape index (κ1) is 14.1. The van der Waals surface area contributed by atoms with Gasteiger partial charge in [0, 0.05) is 24.5 Å². The van der Waals surface area contributed by atoms with Crippen LogP contribution in [0.15, 0.2) is 30.3 Å². The monoisotopic (exact) mass is 272 g/mol. The SMILES string of the molecule is CCCCN(C)C(=N)NC(=O)c1cc2ccccc2[nH]1. The van der Waals surface area contributed by atoms with Gasteiger partial charge in [0.25, 0.3) is 5.91 Å². The second kappa shape index (κ2) is 6.23. The average Bonchev–Trinajstić information content (AvgIpc) is 2.88. The normalized spacial score (nSPS) is 10.5. The molecule has 5 heteroatoms. The molecule has 0 saturated carbocycles. The van der Waals surface area contributed by atoms with Crippen LogP contribution in [0.4, 0.5) is 0 Å². The number of fused-ring (bicyclic) bond motifs is 1. The minimum atomic E-state index is -0.283. The fraction of sp³-hybridized carbons (Fsp3) is 0.333. The number of hydrogen-bond donors (Lipinski definition) is 3. The maximum absolute atomic E-state index is 12.1. The highest BCUT2D eigenvalue weighted by molar-refractivity contribution is 6.06. The lowest BCUT2D eigenvalue weighted by atomic mass is 10.2. The molecule has 3 N–H and O–H groups in total. The third-order valence-corrected chi connectivity index (χ3v) is 3.24. The number of nitrogens with one attached hydrogen (secondary N) is 3. The van der Waals surface area contributed by atoms with Crippen LogP contribution in [0.5, 0.6) is 0 Å². The molecule has 20 heavy (non-hydrogen) atoms. The van der Waals surface area contributed by atoms with Crippen LogP contribution in [-0.4, -0.2) is 35.3 Å². The summed E-state index contributed by atoms with van der Waals surface area (Å²) < 4.78 is 0. The Balaban J connectivity index is 2.02. The standard InChI is InChI=1S/C15H20N4O/c1-3-4-9-19(2)15(16)18-14(20)13-10-11-7-5-6-8-12(11)17-13/h5-8,10,17H,3-4,9H2,1-2H3,(H2,16,18,20). The first-order valence-electron chi connectivity index (χ1n) is 6.80. The number of aromatic amines is 1. The highest BCUT2D eigenvalue weighted by atomic mass is 16.2. The highest BCUT2D eigenvalue weighted by Gasteiger charge is 2.12. The zero-order chi connectivity index (χ0) is 14.5. The molecule has 0 spiro atoms. The molecule has 1 aromatic heterocycles. The van der Waals surface area contributed by atoms with Crippen molar-refractivity contribution in [1.29, 1.82) is 5.41 Å². The van der Waals surface area contributed by atoms with E-state index in [9.17, 15) is 4.79 Å². The molecule has 0 aliphatic rings. The maximum Gasteiger partial charge on any atom is 0.274 e. The lowest BCUT2D eigenvalue weighted by Gasteiger charge is -2.19. The zero-order valence-corrected chi connectivity index (χ0v) is 11.9. The van der Waals surface area contributed by atoms with E-state index >= 15 is 0 Å². The van der Waals surface area contributed by atoms with E-state index in [1.54, 1.807) is 11.0 Å². The Hall–Kier alpha value is -2.30. The predicted octanol–water partition coefficient (Wildman–Crippen LogP) is 2.56. The van der Waals surface area contributed by atoms with Gasteiger partial charge in [-0.15, -0.1) is 0 Å². The number of benzene rings is 1. The first-order chi connectivity index (χ1) is 9.61. The molecule has 1 aromatic carbocycles. The molecule has 0 bridgehead atoms. The summed E-state index contributed by atoms with van der Waals surface area (Å²) >= 11 is 0. The molecule has 2 rings (SSSR count). The summed E-state index contributed by atoms with van der Waals surface area (Å²) in [7, 11) is 1.81. The minimum Gasteiger partial charge on any atom is -0.351 e. The van der Waals surface area contributed by atoms with Gasteiger partial charge in [-0.25, -0.2) is 0 Å². The molecule has 1 amide bonds. The largest absolute Gasteiger partial charge is 0.351 e. The number of amides is 1. The molecule has 0 fully saturated rings. The van der Waals surface area contributed by atoms with Gasteiger partial charge in [-0.05, 0) is 18.6 Å². The van der Waals surface area contributed by atoms with Gasteiger partial charge in [-0.3, -0.25) is 15.5 Å². The summed E-state index contributed by atoms with van der Waals surface area (Å²) in [6, 6.07) is 9.51. The van der Waals surface area contributed by atoms with E-state index in [0.717, 1.165) is 30.3 Å². The van der Waals surface area contributed by atoms with E-state index in [1.807, 2.05) is 31.3 Å². The number of H-pyrrole nitrogens is 1. The summed E-state index contributed by atoms with van der Waals surface area (Å²) in [5.41, 5.74) is 1.39. The fourth-order valence-electron chi connectivity index (χ4n) is 1.97. The van der Waals surface area contributed by atoms with Crippen LogP contribution in [0, 0.1) is 5.41 Å². The molecule has 0 saturated heterocycles. The van der Waals surface area contributed by atoms with Crippen molar-refractivity contribution in [2.75, 3.05) is 13.6 Å². The van der Waals surface area contributed by atoms with Gasteiger partial charge >= 0.3 is 0 Å². The second-order valence-corrected chi connectivity index (χ2v) is 4.85. The number of para-hydroxylation sites is 1. The van der Waals surface area contributed by atoms with Gasteiger partial charge in [0.1, 0.15) is 5.69 Å². The van der Waals surface area contributed by atoms with Gasteiger partial charge < -0.3 is 9.88 Å². The van der Waals surface area contributed by atoms with Crippen molar-refractivity contribution in [3.63, 3.8) is 0 Å². The van der Waals surface area contributed by atoms with Gasteiger partial charge in [0.15, 0.2) is 5.96 Å². The smallest absolute Gasteiger partial charge is 0.274 e. The second-order valence-electron chi connectivity index (χ2n) is 4.85. The van der Waals surface area contributed by atoms with Gasteiger partial charge in [0.2, 0.25) is 0 Å². The van der Waals surface area contributed by atoms with Crippen molar-refractivity contribution in [3.05, 3.63) is 36.0 Å². The van der Waals surface area contributed by atoms with E-state index < -0.39 is 0 Å². The zero-order valence-electron chi connectivity index (χ0n) is 11.9. The summed E-state index contributed by atoms with van der Waals surface area (Å²) in [4.78, 5) is 16.9. The first-order valence-corrected chi connectivity index (χ1v) is 6.80. The lowest BCUT2D eigenvalue weighted by molar-refractivity contribution is 0.0968. The van der Waals surface area contributed by atoms with E-state index in [0.29, 0.717) is 5.69 Å².